The number of hydrogen-bond acceptors (Lipinski definition) is 3. The maximum absolute atomic E-state index is 12.3. The first kappa shape index (κ1) is 18.9. The molecule has 0 fully saturated rings. The van der Waals surface area contributed by atoms with Crippen LogP contribution < -0.4 is 10.6 Å². The molecule has 4 nitrogen and oxygen atoms in total. The van der Waals surface area contributed by atoms with Crippen molar-refractivity contribution in [1.82, 2.24) is 15.6 Å². The van der Waals surface area contributed by atoms with Gasteiger partial charge in [0.25, 0.3) is 5.91 Å². The first-order valence-electron chi connectivity index (χ1n) is 8.21. The Morgan fingerprint density at radius 2 is 1.72 bits per heavy atom. The highest BCUT2D eigenvalue weighted by molar-refractivity contribution is 6.05. The molecule has 0 unspecified atom stereocenters. The van der Waals surface area contributed by atoms with Gasteiger partial charge in [0, 0.05) is 24.7 Å². The van der Waals surface area contributed by atoms with Gasteiger partial charge in [-0.3, -0.25) is 9.78 Å². The molecule has 3 rings (SSSR count). The Balaban J connectivity index is 0.00000225. The van der Waals surface area contributed by atoms with Gasteiger partial charge in [0.05, 0.1) is 11.1 Å². The molecule has 0 saturated heterocycles. The molecule has 1 heterocycles. The zero-order valence-corrected chi connectivity index (χ0v) is 14.8. The number of fused-ring (bicyclic) bond motifs is 1. The van der Waals surface area contributed by atoms with Gasteiger partial charge in [-0.05, 0) is 30.7 Å². The van der Waals surface area contributed by atoms with Crippen LogP contribution >= 0.6 is 12.4 Å². The molecule has 0 saturated carbocycles. The van der Waals surface area contributed by atoms with Crippen molar-refractivity contribution < 1.29 is 4.79 Å². The molecule has 0 aliphatic heterocycles. The van der Waals surface area contributed by atoms with Crippen molar-refractivity contribution in [1.29, 1.82) is 0 Å². The van der Waals surface area contributed by atoms with Gasteiger partial charge in [0.15, 0.2) is 0 Å². The van der Waals surface area contributed by atoms with Crippen LogP contribution in [0.5, 0.6) is 0 Å². The minimum Gasteiger partial charge on any atom is -0.352 e. The first-order chi connectivity index (χ1) is 11.8. The second-order valence-electron chi connectivity index (χ2n) is 5.65. The number of pyridine rings is 1. The predicted octanol–water partition coefficient (Wildman–Crippen LogP) is 3.57. The Hall–Kier alpha value is -2.43. The van der Waals surface area contributed by atoms with Crippen molar-refractivity contribution in [2.75, 3.05) is 13.1 Å². The van der Waals surface area contributed by atoms with Crippen molar-refractivity contribution >= 4 is 29.2 Å². The zero-order valence-electron chi connectivity index (χ0n) is 13.9. The highest BCUT2D eigenvalue weighted by Gasteiger charge is 2.09. The fourth-order valence-corrected chi connectivity index (χ4v) is 2.63. The van der Waals surface area contributed by atoms with Crippen LogP contribution in [0.4, 0.5) is 0 Å². The van der Waals surface area contributed by atoms with E-state index in [1.54, 1.807) is 6.20 Å². The van der Waals surface area contributed by atoms with E-state index in [9.17, 15) is 4.79 Å². The van der Waals surface area contributed by atoms with Crippen LogP contribution in [0.15, 0.2) is 66.9 Å². The third kappa shape index (κ3) is 5.28. The second kappa shape index (κ2) is 9.77. The quantitative estimate of drug-likeness (QED) is 0.637. The number of nitrogens with one attached hydrogen (secondary N) is 2. The average Bonchev–Trinajstić information content (AvgIpc) is 2.64. The Bertz CT molecular complexity index is 803. The van der Waals surface area contributed by atoms with Crippen molar-refractivity contribution in [3.05, 3.63) is 78.0 Å². The van der Waals surface area contributed by atoms with Gasteiger partial charge in [-0.2, -0.15) is 0 Å². The van der Waals surface area contributed by atoms with Crippen LogP contribution in [0.1, 0.15) is 22.3 Å². The van der Waals surface area contributed by atoms with E-state index >= 15 is 0 Å². The van der Waals surface area contributed by atoms with Gasteiger partial charge in [-0.15, -0.1) is 12.4 Å². The standard InChI is InChI=1S/C20H21N3O.ClH/c24-20(18-11-4-9-17-10-5-13-22-19(17)18)23-14-6-12-21-15-16-7-2-1-3-8-16;/h1-5,7-11,13,21H,6,12,14-15H2,(H,23,24);1H. The molecule has 25 heavy (non-hydrogen) atoms. The number of nitrogens with zero attached hydrogens (tertiary/aromatic N) is 1. The lowest BCUT2D eigenvalue weighted by Gasteiger charge is -2.08. The van der Waals surface area contributed by atoms with Gasteiger partial charge >= 0.3 is 0 Å². The van der Waals surface area contributed by atoms with Crippen LogP contribution in [-0.2, 0) is 6.54 Å². The van der Waals surface area contributed by atoms with Crippen molar-refractivity contribution in [3.63, 3.8) is 0 Å². The molecule has 5 heteroatoms. The molecule has 2 aromatic carbocycles. The number of rotatable bonds is 7. The lowest BCUT2D eigenvalue weighted by atomic mass is 10.1. The van der Waals surface area contributed by atoms with Gasteiger partial charge < -0.3 is 10.6 Å². The van der Waals surface area contributed by atoms with Gasteiger partial charge in [-0.1, -0.05) is 48.5 Å². The molecule has 3 aromatic rings. The zero-order chi connectivity index (χ0) is 16.6. The number of aromatic nitrogens is 1. The summed E-state index contributed by atoms with van der Waals surface area (Å²) >= 11 is 0. The molecule has 1 amide bonds. The van der Waals surface area contributed by atoms with Crippen molar-refractivity contribution in [2.24, 2.45) is 0 Å². The van der Waals surface area contributed by atoms with Crippen LogP contribution in [0.25, 0.3) is 10.9 Å². The van der Waals surface area contributed by atoms with Crippen LogP contribution in [-0.4, -0.2) is 24.0 Å². The maximum atomic E-state index is 12.3. The molecule has 130 valence electrons. The van der Waals surface area contributed by atoms with E-state index in [4.69, 9.17) is 0 Å². The van der Waals surface area contributed by atoms with E-state index in [-0.39, 0.29) is 18.3 Å². The number of amides is 1. The summed E-state index contributed by atoms with van der Waals surface area (Å²) in [4.78, 5) is 16.7. The summed E-state index contributed by atoms with van der Waals surface area (Å²) in [7, 11) is 0. The van der Waals surface area contributed by atoms with Crippen molar-refractivity contribution in [3.8, 4) is 0 Å². The molecule has 0 aliphatic carbocycles. The van der Waals surface area contributed by atoms with Gasteiger partial charge in [-0.25, -0.2) is 0 Å². The molecule has 0 atom stereocenters. The molecule has 0 spiro atoms. The topological polar surface area (TPSA) is 54.0 Å². The third-order valence-electron chi connectivity index (χ3n) is 3.87. The summed E-state index contributed by atoms with van der Waals surface area (Å²) in [5.74, 6) is -0.0673. The minimum atomic E-state index is -0.0673. The molecule has 0 radical (unpaired) electrons. The molecule has 2 N–H and O–H groups in total. The summed E-state index contributed by atoms with van der Waals surface area (Å²) in [6.07, 6.45) is 2.60. The Morgan fingerprint density at radius 3 is 2.56 bits per heavy atom. The van der Waals surface area contributed by atoms with Gasteiger partial charge in [0.1, 0.15) is 0 Å². The Kier molecular flexibility index (Phi) is 7.38. The SMILES string of the molecule is Cl.O=C(NCCCNCc1ccccc1)c1cccc2cccnc12. The van der Waals surface area contributed by atoms with E-state index in [0.717, 1.165) is 30.4 Å². The number of benzene rings is 2. The predicted molar refractivity (Wildman–Crippen MR) is 104 cm³/mol. The smallest absolute Gasteiger partial charge is 0.253 e. The number of hydrogen-bond donors (Lipinski definition) is 2. The van der Waals surface area contributed by atoms with Gasteiger partial charge in [0.2, 0.25) is 0 Å². The van der Waals surface area contributed by atoms with Crippen molar-refractivity contribution in [2.45, 2.75) is 13.0 Å². The summed E-state index contributed by atoms with van der Waals surface area (Å²) in [6, 6.07) is 19.8. The van der Waals surface area contributed by atoms with Crippen LogP contribution in [0, 0.1) is 0 Å². The lowest BCUT2D eigenvalue weighted by Crippen LogP contribution is -2.27. The van der Waals surface area contributed by atoms with Crippen LogP contribution in [0.3, 0.4) is 0 Å². The monoisotopic (exact) mass is 355 g/mol. The fourth-order valence-electron chi connectivity index (χ4n) is 2.63. The molecular formula is C20H22ClN3O. The average molecular weight is 356 g/mol. The highest BCUT2D eigenvalue weighted by Crippen LogP contribution is 2.15. The number of halogens is 1. The number of para-hydroxylation sites is 1. The normalized spacial score (nSPS) is 10.2. The maximum Gasteiger partial charge on any atom is 0.253 e. The molecule has 1 aromatic heterocycles. The molecule has 0 bridgehead atoms. The summed E-state index contributed by atoms with van der Waals surface area (Å²) in [5.41, 5.74) is 2.65. The summed E-state index contributed by atoms with van der Waals surface area (Å²) < 4.78 is 0. The summed E-state index contributed by atoms with van der Waals surface area (Å²) in [6.45, 7) is 2.36. The first-order valence-corrected chi connectivity index (χ1v) is 8.21. The Labute approximate surface area is 154 Å². The minimum absolute atomic E-state index is 0. The second-order valence-corrected chi connectivity index (χ2v) is 5.65. The van der Waals surface area contributed by atoms with E-state index in [0.29, 0.717) is 12.1 Å². The van der Waals surface area contributed by atoms with E-state index < -0.39 is 0 Å². The van der Waals surface area contributed by atoms with E-state index in [2.05, 4.69) is 27.8 Å². The highest BCUT2D eigenvalue weighted by atomic mass is 35.5. The number of carbonyl (C=O) groups excluding carboxylic acids is 1. The number of carbonyl (C=O) groups is 1. The lowest BCUT2D eigenvalue weighted by molar-refractivity contribution is 0.0954. The van der Waals surface area contributed by atoms with E-state index in [1.807, 2.05) is 48.5 Å². The molecular weight excluding hydrogens is 334 g/mol. The van der Waals surface area contributed by atoms with E-state index in [1.165, 1.54) is 5.56 Å². The Morgan fingerprint density at radius 1 is 0.920 bits per heavy atom. The largest absolute Gasteiger partial charge is 0.352 e. The fraction of sp³-hybridized carbons (Fsp3) is 0.200. The van der Waals surface area contributed by atoms with Crippen LogP contribution in [0.2, 0.25) is 0 Å². The summed E-state index contributed by atoms with van der Waals surface area (Å²) in [5, 5.41) is 7.33. The molecule has 0 aliphatic rings. The third-order valence-corrected chi connectivity index (χ3v) is 3.87.